The van der Waals surface area contributed by atoms with Crippen LogP contribution in [0.4, 0.5) is 10.1 Å². The molecular weight excluding hydrogens is 600 g/mol. The molecule has 1 N–H and O–H groups in total. The van der Waals surface area contributed by atoms with E-state index in [2.05, 4.69) is 19.3 Å². The Labute approximate surface area is 265 Å². The summed E-state index contributed by atoms with van der Waals surface area (Å²) < 4.78 is 23.8. The molecule has 0 bridgehead atoms. The molecule has 2 aliphatic heterocycles. The van der Waals surface area contributed by atoms with E-state index in [-0.39, 0.29) is 21.3 Å². The Morgan fingerprint density at radius 3 is 2.61 bits per heavy atom. The fourth-order valence-electron chi connectivity index (χ4n) is 6.36. The first kappa shape index (κ1) is 30.3. The quantitative estimate of drug-likeness (QED) is 0.230. The topological polar surface area (TPSA) is 83.9 Å². The van der Waals surface area contributed by atoms with Gasteiger partial charge in [-0.25, -0.2) is 4.39 Å². The highest BCUT2D eigenvalue weighted by Gasteiger charge is 2.36. The minimum atomic E-state index is -0.793. The molecule has 44 heavy (non-hydrogen) atoms. The first-order valence-corrected chi connectivity index (χ1v) is 16.3. The molecule has 2 amide bonds. The molecule has 2 atom stereocenters. The van der Waals surface area contributed by atoms with Crippen LogP contribution in [0, 0.1) is 17.7 Å². The number of ether oxygens (including phenoxy) is 1. The number of nitrogens with one attached hydrogen (secondary N) is 1. The number of piperidine rings is 1. The van der Waals surface area contributed by atoms with Gasteiger partial charge >= 0.3 is 0 Å². The van der Waals surface area contributed by atoms with E-state index in [9.17, 15) is 14.4 Å². The summed E-state index contributed by atoms with van der Waals surface area (Å²) in [5.74, 6) is -0.555. The maximum Gasteiger partial charge on any atom is 0.285 e. The van der Waals surface area contributed by atoms with Crippen LogP contribution in [0.2, 0.25) is 0 Å². The number of halogens is 1. The molecule has 6 rings (SSSR count). The van der Waals surface area contributed by atoms with Gasteiger partial charge in [0.1, 0.15) is 11.3 Å². The molecule has 3 fully saturated rings. The molecular formula is C33H35FN4O4S2. The SMILES string of the molecule is CCCC1CCN(c2c(F)cc3c(=O)c(C(=O)NN4C(=O)/C(=C/c5ccccc5)SC4=S)cn(C4CC4)c3c2OC)CC1C. The first-order valence-electron chi connectivity index (χ1n) is 15.1. The fraction of sp³-hybridized carbons (Fsp3) is 0.394. The summed E-state index contributed by atoms with van der Waals surface area (Å²) in [5, 5.41) is 1.04. The Kier molecular flexibility index (Phi) is 8.52. The van der Waals surface area contributed by atoms with E-state index in [1.165, 1.54) is 19.4 Å². The fourth-order valence-corrected chi connectivity index (χ4v) is 7.54. The normalized spacial score (nSPS) is 21.4. The third-order valence-electron chi connectivity index (χ3n) is 8.75. The summed E-state index contributed by atoms with van der Waals surface area (Å²) in [6.45, 7) is 5.79. The van der Waals surface area contributed by atoms with Crippen molar-refractivity contribution in [1.29, 1.82) is 0 Å². The van der Waals surface area contributed by atoms with Crippen LogP contribution < -0.4 is 20.5 Å². The molecule has 11 heteroatoms. The van der Waals surface area contributed by atoms with E-state index in [0.29, 0.717) is 46.8 Å². The summed E-state index contributed by atoms with van der Waals surface area (Å²) in [6.07, 6.45) is 8.14. The Morgan fingerprint density at radius 1 is 1.20 bits per heavy atom. The van der Waals surface area contributed by atoms with E-state index in [1.54, 1.807) is 6.08 Å². The largest absolute Gasteiger partial charge is 0.492 e. The molecule has 2 saturated heterocycles. The maximum absolute atomic E-state index is 16.0. The van der Waals surface area contributed by atoms with E-state index in [4.69, 9.17) is 17.0 Å². The molecule has 230 valence electrons. The van der Waals surface area contributed by atoms with Gasteiger partial charge in [-0.2, -0.15) is 5.01 Å². The molecule has 1 saturated carbocycles. The smallest absolute Gasteiger partial charge is 0.285 e. The number of carbonyl (C=O) groups is 2. The number of hydrogen-bond donors (Lipinski definition) is 1. The van der Waals surface area contributed by atoms with Crippen molar-refractivity contribution in [3.63, 3.8) is 0 Å². The number of anilines is 1. The summed E-state index contributed by atoms with van der Waals surface area (Å²) in [6, 6.07) is 10.6. The van der Waals surface area contributed by atoms with Crippen LogP contribution in [-0.2, 0) is 4.79 Å². The van der Waals surface area contributed by atoms with Crippen LogP contribution in [0.1, 0.15) is 67.9 Å². The lowest BCUT2D eigenvalue weighted by Crippen LogP contribution is -2.46. The van der Waals surface area contributed by atoms with Crippen LogP contribution in [0.15, 0.2) is 52.3 Å². The van der Waals surface area contributed by atoms with Gasteiger partial charge in [0, 0.05) is 25.3 Å². The molecule has 2 unspecified atom stereocenters. The molecule has 8 nitrogen and oxygen atoms in total. The number of benzene rings is 2. The van der Waals surface area contributed by atoms with Gasteiger partial charge in [-0.3, -0.25) is 19.8 Å². The predicted octanol–water partition coefficient (Wildman–Crippen LogP) is 6.29. The Balaban J connectivity index is 1.35. The molecule has 3 aliphatic rings. The van der Waals surface area contributed by atoms with Crippen LogP contribution in [0.25, 0.3) is 17.0 Å². The zero-order chi connectivity index (χ0) is 31.1. The Bertz CT molecular complexity index is 1740. The van der Waals surface area contributed by atoms with E-state index < -0.39 is 23.1 Å². The number of carbonyl (C=O) groups excluding carboxylic acids is 2. The highest BCUT2D eigenvalue weighted by molar-refractivity contribution is 8.26. The summed E-state index contributed by atoms with van der Waals surface area (Å²) in [5.41, 5.74) is 3.34. The van der Waals surface area contributed by atoms with Crippen molar-refractivity contribution in [3.8, 4) is 5.75 Å². The number of hydrogen-bond acceptors (Lipinski definition) is 7. The number of thiocarbonyl (C=S) groups is 1. The van der Waals surface area contributed by atoms with Gasteiger partial charge in [0.15, 0.2) is 15.9 Å². The highest BCUT2D eigenvalue weighted by atomic mass is 32.2. The van der Waals surface area contributed by atoms with E-state index in [1.807, 2.05) is 39.8 Å². The number of nitrogens with zero attached hydrogens (tertiary/aromatic N) is 3. The van der Waals surface area contributed by atoms with Crippen molar-refractivity contribution in [2.45, 2.75) is 52.0 Å². The van der Waals surface area contributed by atoms with Gasteiger partial charge in [0.2, 0.25) is 5.43 Å². The lowest BCUT2D eigenvalue weighted by Gasteiger charge is -2.39. The number of rotatable bonds is 8. The first-order chi connectivity index (χ1) is 21.2. The predicted molar refractivity (Wildman–Crippen MR) is 176 cm³/mol. The van der Waals surface area contributed by atoms with Gasteiger partial charge in [-0.15, -0.1) is 0 Å². The summed E-state index contributed by atoms with van der Waals surface area (Å²) in [4.78, 5) is 42.9. The van der Waals surface area contributed by atoms with Crippen molar-refractivity contribution in [3.05, 3.63) is 74.7 Å². The third kappa shape index (κ3) is 5.63. The lowest BCUT2D eigenvalue weighted by molar-refractivity contribution is -0.123. The second-order valence-electron chi connectivity index (χ2n) is 11.8. The number of methoxy groups -OCH3 is 1. The number of aromatic nitrogens is 1. The Morgan fingerprint density at radius 2 is 1.95 bits per heavy atom. The van der Waals surface area contributed by atoms with Crippen molar-refractivity contribution in [1.82, 2.24) is 15.0 Å². The molecule has 0 spiro atoms. The standard InChI is InChI=1S/C33H35FN4O4S2/c1-4-8-21-13-14-36(17-19(21)2)28-25(34)16-23-27(30(28)42-3)37(22-11-12-22)18-24(29(23)39)31(40)35-38-32(41)26(44-33(38)43)15-20-9-6-5-7-10-20/h5-7,9-10,15-16,18-19,21-22H,4,8,11-14,17H2,1-3H3,(H,35,40)/b26-15-. The number of amides is 2. The van der Waals surface area contributed by atoms with Crippen molar-refractivity contribution < 1.29 is 18.7 Å². The third-order valence-corrected chi connectivity index (χ3v) is 10.1. The number of hydrazine groups is 1. The minimum Gasteiger partial charge on any atom is -0.492 e. The van der Waals surface area contributed by atoms with Gasteiger partial charge in [-0.1, -0.05) is 68.8 Å². The lowest BCUT2D eigenvalue weighted by atomic mass is 9.83. The zero-order valence-electron chi connectivity index (χ0n) is 25.0. The average Bonchev–Trinajstić information content (AvgIpc) is 3.82. The monoisotopic (exact) mass is 634 g/mol. The van der Waals surface area contributed by atoms with Crippen LogP contribution in [0.5, 0.6) is 5.75 Å². The molecule has 0 radical (unpaired) electrons. The second-order valence-corrected chi connectivity index (χ2v) is 13.5. The maximum atomic E-state index is 16.0. The summed E-state index contributed by atoms with van der Waals surface area (Å²) >= 11 is 6.44. The molecule has 3 heterocycles. The van der Waals surface area contributed by atoms with Crippen molar-refractivity contribution >= 4 is 62.8 Å². The average molecular weight is 635 g/mol. The molecule has 1 aliphatic carbocycles. The number of thioether (sulfide) groups is 1. The van der Waals surface area contributed by atoms with Gasteiger partial charge in [0.25, 0.3) is 11.8 Å². The van der Waals surface area contributed by atoms with Gasteiger partial charge < -0.3 is 14.2 Å². The molecule has 2 aromatic carbocycles. The van der Waals surface area contributed by atoms with Crippen molar-refractivity contribution in [2.75, 3.05) is 25.1 Å². The van der Waals surface area contributed by atoms with Crippen LogP contribution >= 0.6 is 24.0 Å². The summed E-state index contributed by atoms with van der Waals surface area (Å²) in [7, 11) is 1.49. The second kappa shape index (κ2) is 12.4. The number of fused-ring (bicyclic) bond motifs is 1. The number of pyridine rings is 1. The zero-order valence-corrected chi connectivity index (χ0v) is 26.6. The van der Waals surface area contributed by atoms with Crippen molar-refractivity contribution in [2.24, 2.45) is 11.8 Å². The van der Waals surface area contributed by atoms with Gasteiger partial charge in [-0.05, 0) is 61.0 Å². The van der Waals surface area contributed by atoms with Gasteiger partial charge in [0.05, 0.1) is 22.9 Å². The van der Waals surface area contributed by atoms with Crippen LogP contribution in [-0.4, -0.2) is 45.9 Å². The Hall–Kier alpha value is -3.70. The van der Waals surface area contributed by atoms with E-state index >= 15 is 4.39 Å². The van der Waals surface area contributed by atoms with E-state index in [0.717, 1.165) is 54.4 Å². The van der Waals surface area contributed by atoms with Crippen LogP contribution in [0.3, 0.4) is 0 Å². The molecule has 1 aromatic heterocycles. The highest BCUT2D eigenvalue weighted by Crippen LogP contribution is 2.45. The minimum absolute atomic E-state index is 0.0385. The molecule has 3 aromatic rings.